The Balaban J connectivity index is 0.000000127. The van der Waals surface area contributed by atoms with Crippen molar-refractivity contribution in [2.24, 2.45) is 7.05 Å². The van der Waals surface area contributed by atoms with Crippen molar-refractivity contribution in [2.75, 3.05) is 141 Å². The second kappa shape index (κ2) is 36.3. The second-order valence-corrected chi connectivity index (χ2v) is 33.2. The Morgan fingerprint density at radius 1 is 0.431 bits per heavy atom. The number of amides is 5. The predicted octanol–water partition coefficient (Wildman–Crippen LogP) is 12.6. The number of ether oxygens (including phenoxy) is 2. The molecule has 32 nitrogen and oxygen atoms in total. The number of aliphatic hydroxyl groups is 3. The van der Waals surface area contributed by atoms with Crippen LogP contribution in [-0.4, -0.2) is 213 Å². The van der Waals surface area contributed by atoms with E-state index in [-0.39, 0.29) is 49.4 Å². The molecule has 0 radical (unpaired) electrons. The Hall–Kier alpha value is -15.1. The van der Waals surface area contributed by atoms with Crippen LogP contribution in [-0.2, 0) is 55.6 Å². The molecule has 2 saturated heterocycles. The van der Waals surface area contributed by atoms with E-state index in [0.29, 0.717) is 198 Å². The molecule has 15 aromatic rings. The van der Waals surface area contributed by atoms with Gasteiger partial charge in [-0.25, -0.2) is 34.0 Å². The van der Waals surface area contributed by atoms with Crippen molar-refractivity contribution < 1.29 is 48.8 Å². The summed E-state index contributed by atoms with van der Waals surface area (Å²) in [6.45, 7) is 5.21. The lowest BCUT2D eigenvalue weighted by atomic mass is 9.93. The monoisotopic (exact) mass is 1740 g/mol. The first-order valence-electron chi connectivity index (χ1n) is 43.4. The van der Waals surface area contributed by atoms with Crippen LogP contribution in [0.1, 0.15) is 109 Å². The fraction of sp³-hybridized carbons (Fsp3) is 0.255. The molecule has 32 heteroatoms. The smallest absolute Gasteiger partial charge is 0.258 e. The highest BCUT2D eigenvalue weighted by molar-refractivity contribution is 6.11. The lowest BCUT2D eigenvalue weighted by Gasteiger charge is -2.31. The van der Waals surface area contributed by atoms with Gasteiger partial charge in [-0.15, -0.1) is 0 Å². The summed E-state index contributed by atoms with van der Waals surface area (Å²) in [4.78, 5) is 102. The summed E-state index contributed by atoms with van der Waals surface area (Å²) >= 11 is 0. The standard InChI is InChI=1S/C35H33N7O4.C34H34N8O4.C29H29N7O2/c43-21-28-27(2-1-3-31(28)41-12-10-24-18-23(22-4-5-22)6-8-26(24)35(41)45)29-19-30(33-36-11-13-42(33)39-29)38-32-9-7-25(20-37-32)34(44)40-14-16-46-17-15-40;1-39(2)24-7-8-25-22(18-24)10-12-41(34(25)45)30-5-3-4-26(27(30)21-43)28-19-29(32-35-11-13-42(32)38-28)37-31-9-6-23(20-36-31)33(44)40-14-16-46-17-15-40;1-33(2)21-7-8-23-19(15-21)9-13-36(29(23)38)26-6-4-5-22(24(26)18-37)20-16-25(28-30-11-14-35(28)17-20)31-27-10-12-34(3)32-27/h1-3,6-9,11,13,18-20,22,43H,4-5,10,12,14-17,21H2,(H,37,38);3-9,11,13,18-20,43H,10,12,14-17,21H2,1-2H3,(H,36,37);4-8,10-12,14-17,37H,9,13,18H2,1-3H3,(H,31,32). The van der Waals surface area contributed by atoms with E-state index in [1.807, 2.05) is 177 Å². The van der Waals surface area contributed by atoms with Crippen LogP contribution in [0.15, 0.2) is 220 Å². The number of rotatable bonds is 20. The number of morpholine rings is 2. The Morgan fingerprint density at radius 3 is 1.30 bits per heavy atom. The molecule has 6 aromatic carbocycles. The number of aliphatic hydroxyl groups excluding tert-OH is 3. The number of nitrogens with zero attached hydrogens (tertiary/aromatic N) is 19. The van der Waals surface area contributed by atoms with Crippen LogP contribution in [0.25, 0.3) is 50.6 Å². The third kappa shape index (κ3) is 16.9. The molecule has 0 atom stereocenters. The van der Waals surface area contributed by atoms with Crippen molar-refractivity contribution in [1.82, 2.24) is 68.1 Å². The first kappa shape index (κ1) is 84.4. The highest BCUT2D eigenvalue weighted by Crippen LogP contribution is 2.44. The van der Waals surface area contributed by atoms with E-state index >= 15 is 0 Å². The molecule has 6 N–H and O–H groups in total. The van der Waals surface area contributed by atoms with Gasteiger partial charge in [0.05, 0.1) is 103 Å². The number of pyridine rings is 3. The third-order valence-corrected chi connectivity index (χ3v) is 24.6. The molecule has 658 valence electrons. The molecule has 0 bridgehead atoms. The van der Waals surface area contributed by atoms with Gasteiger partial charge in [0.15, 0.2) is 22.8 Å². The lowest BCUT2D eigenvalue weighted by molar-refractivity contribution is 0.0301. The maximum atomic E-state index is 13.8. The van der Waals surface area contributed by atoms with Crippen molar-refractivity contribution >= 4 is 109 Å². The highest BCUT2D eigenvalue weighted by atomic mass is 16.5. The van der Waals surface area contributed by atoms with E-state index in [1.165, 1.54) is 18.4 Å². The first-order valence-corrected chi connectivity index (χ1v) is 43.4. The molecular formula is C98H96N22O10. The topological polar surface area (TPSA) is 345 Å². The quantitative estimate of drug-likeness (QED) is 0.0413. The molecule has 0 unspecified atom stereocenters. The van der Waals surface area contributed by atoms with Crippen molar-refractivity contribution in [2.45, 2.75) is 57.8 Å². The molecule has 21 rings (SSSR count). The Labute approximate surface area is 748 Å². The SMILES string of the molecule is CN(C)c1ccc2c(c1)CCN(c1cccc(-c3cc(Nc4ccc(C(=O)N5CCOCC5)cn4)c4nccn4n3)c1CO)C2=O.CN(C)c1ccc2c(c1)CCN(c1cccc(-c3cc(Nc4ccn(C)n4)c4nccn4c3)c1CO)C2=O.O=C(c1ccc(Nc2cc(-c3cccc(N4CCc5cc(C6CC6)ccc5C4=O)c3CO)nn3ccnc23)nc1)N1CCOCC1. The summed E-state index contributed by atoms with van der Waals surface area (Å²) in [5, 5.41) is 55.9. The second-order valence-electron chi connectivity index (χ2n) is 33.2. The fourth-order valence-electron chi connectivity index (χ4n) is 17.6. The van der Waals surface area contributed by atoms with Gasteiger partial charge in [0, 0.05) is 211 Å². The van der Waals surface area contributed by atoms with E-state index in [2.05, 4.69) is 70.2 Å². The predicted molar refractivity (Wildman–Crippen MR) is 496 cm³/mol. The van der Waals surface area contributed by atoms with Crippen LogP contribution >= 0.6 is 0 Å². The van der Waals surface area contributed by atoms with Gasteiger partial charge >= 0.3 is 0 Å². The fourth-order valence-corrected chi connectivity index (χ4v) is 17.6. The highest BCUT2D eigenvalue weighted by Gasteiger charge is 2.35. The number of hydrogen-bond acceptors (Lipinski definition) is 23. The van der Waals surface area contributed by atoms with Crippen LogP contribution in [0.5, 0.6) is 0 Å². The van der Waals surface area contributed by atoms with E-state index in [0.717, 1.165) is 74.6 Å². The zero-order valence-electron chi connectivity index (χ0n) is 72.5. The minimum Gasteiger partial charge on any atom is -0.392 e. The summed E-state index contributed by atoms with van der Waals surface area (Å²) in [6, 6.07) is 49.9. The molecule has 14 heterocycles. The number of hydrogen-bond donors (Lipinski definition) is 6. The van der Waals surface area contributed by atoms with E-state index in [9.17, 15) is 39.3 Å². The van der Waals surface area contributed by atoms with Crippen LogP contribution in [0, 0.1) is 0 Å². The molecule has 0 spiro atoms. The summed E-state index contributed by atoms with van der Waals surface area (Å²) in [7, 11) is 9.82. The lowest BCUT2D eigenvalue weighted by Crippen LogP contribution is -2.40. The summed E-state index contributed by atoms with van der Waals surface area (Å²) in [5.41, 5.74) is 22.1. The maximum absolute atomic E-state index is 13.8. The molecule has 1 saturated carbocycles. The van der Waals surface area contributed by atoms with Crippen molar-refractivity contribution in [3.8, 4) is 33.6 Å². The van der Waals surface area contributed by atoms with Crippen LogP contribution in [0.3, 0.4) is 0 Å². The van der Waals surface area contributed by atoms with Gasteiger partial charge in [-0.2, -0.15) is 15.3 Å². The van der Waals surface area contributed by atoms with Crippen molar-refractivity contribution in [1.29, 1.82) is 0 Å². The minimum atomic E-state index is -0.283. The third-order valence-electron chi connectivity index (χ3n) is 24.6. The summed E-state index contributed by atoms with van der Waals surface area (Å²) < 4.78 is 17.7. The number of fused-ring (bicyclic) bond motifs is 6. The van der Waals surface area contributed by atoms with E-state index in [4.69, 9.17) is 19.7 Å². The average Bonchev–Trinajstić information content (AvgIpc) is 1.01. The number of aryl methyl sites for hydroxylation is 1. The normalized spacial score (nSPS) is 14.9. The molecule has 5 aliphatic heterocycles. The van der Waals surface area contributed by atoms with Gasteiger partial charge in [-0.1, -0.05) is 48.5 Å². The van der Waals surface area contributed by atoms with Crippen LogP contribution < -0.4 is 40.4 Å². The molecule has 1 aliphatic carbocycles. The Kier molecular flexibility index (Phi) is 23.6. The molecular weight excluding hydrogens is 1650 g/mol. The van der Waals surface area contributed by atoms with Crippen molar-refractivity contribution in [3.05, 3.63) is 286 Å². The van der Waals surface area contributed by atoms with Gasteiger partial charge in [0.25, 0.3) is 29.5 Å². The summed E-state index contributed by atoms with van der Waals surface area (Å²) in [5.74, 6) is 2.07. The molecule has 9 aromatic heterocycles. The van der Waals surface area contributed by atoms with E-state index in [1.54, 1.807) is 106 Å². The summed E-state index contributed by atoms with van der Waals surface area (Å²) in [6.07, 6.45) is 22.1. The van der Waals surface area contributed by atoms with Gasteiger partial charge < -0.3 is 79.4 Å². The molecule has 3 fully saturated rings. The maximum Gasteiger partial charge on any atom is 0.258 e. The Morgan fingerprint density at radius 2 is 0.862 bits per heavy atom. The molecule has 130 heavy (non-hydrogen) atoms. The van der Waals surface area contributed by atoms with Gasteiger partial charge in [-0.3, -0.25) is 28.7 Å². The van der Waals surface area contributed by atoms with Gasteiger partial charge in [0.2, 0.25) is 0 Å². The van der Waals surface area contributed by atoms with Gasteiger partial charge in [-0.05, 0) is 169 Å². The number of nitrogens with one attached hydrogen (secondary N) is 3. The number of imidazole rings is 3. The molecule has 6 aliphatic rings. The number of anilines is 11. The van der Waals surface area contributed by atoms with Crippen LogP contribution in [0.4, 0.5) is 63.0 Å². The number of carbonyl (C=O) groups excluding carboxylic acids is 5. The number of aromatic nitrogens is 12. The largest absolute Gasteiger partial charge is 0.392 e. The van der Waals surface area contributed by atoms with Gasteiger partial charge in [0.1, 0.15) is 11.6 Å². The number of benzene rings is 6. The minimum absolute atomic E-state index is 0.0500. The zero-order chi connectivity index (χ0) is 89.4. The zero-order valence-corrected chi connectivity index (χ0v) is 72.5. The first-order chi connectivity index (χ1) is 63.4. The van der Waals surface area contributed by atoms with Crippen molar-refractivity contribution in [3.63, 3.8) is 0 Å². The number of carbonyl (C=O) groups is 5. The van der Waals surface area contributed by atoms with Crippen LogP contribution in [0.2, 0.25) is 0 Å². The average molecular weight is 1740 g/mol. The van der Waals surface area contributed by atoms with E-state index < -0.39 is 0 Å². The molecule has 5 amide bonds. The Bertz CT molecular complexity index is 6570.